The lowest BCUT2D eigenvalue weighted by molar-refractivity contribution is -0.140. The number of nitrogens with two attached hydrogens (primary N) is 1. The summed E-state index contributed by atoms with van der Waals surface area (Å²) in [7, 11) is 1.56. The lowest BCUT2D eigenvalue weighted by Gasteiger charge is -2.14. The Morgan fingerprint density at radius 2 is 1.96 bits per heavy atom. The van der Waals surface area contributed by atoms with Gasteiger partial charge in [0.2, 0.25) is 0 Å². The first kappa shape index (κ1) is 15.8. The number of aryl methyl sites for hydroxylation is 1. The second-order valence-corrected chi connectivity index (χ2v) is 6.33. The molecule has 0 fully saturated rings. The topological polar surface area (TPSA) is 47.1 Å². The summed E-state index contributed by atoms with van der Waals surface area (Å²) in [6.45, 7) is 0.711. The molecule has 1 aromatic heterocycles. The zero-order valence-electron chi connectivity index (χ0n) is 12.3. The average Bonchev–Trinajstić information content (AvgIpc) is 3.06. The average molecular weight is 340 g/mol. The van der Waals surface area contributed by atoms with E-state index in [0.29, 0.717) is 17.9 Å². The first-order valence-electron chi connectivity index (χ1n) is 6.87. The van der Waals surface area contributed by atoms with Crippen LogP contribution in [-0.2, 0) is 19.8 Å². The second kappa shape index (κ2) is 5.84. The molecule has 8 heteroatoms. The summed E-state index contributed by atoms with van der Waals surface area (Å²) < 4.78 is 39.6. The van der Waals surface area contributed by atoms with Gasteiger partial charge in [-0.15, -0.1) is 0 Å². The van der Waals surface area contributed by atoms with Crippen LogP contribution in [0.4, 0.5) is 13.2 Å². The number of halogens is 3. The van der Waals surface area contributed by atoms with Gasteiger partial charge < -0.3 is 15.2 Å². The molecule has 0 atom stereocenters. The van der Waals surface area contributed by atoms with Crippen LogP contribution in [0, 0.1) is 0 Å². The monoisotopic (exact) mass is 340 g/mol. The van der Waals surface area contributed by atoms with Crippen molar-refractivity contribution in [2.75, 3.05) is 5.88 Å². The summed E-state index contributed by atoms with van der Waals surface area (Å²) in [5, 5.41) is 0.786. The van der Waals surface area contributed by atoms with Crippen molar-refractivity contribution >= 4 is 11.8 Å². The molecule has 0 saturated carbocycles. The van der Waals surface area contributed by atoms with E-state index >= 15 is 0 Å². The largest absolute Gasteiger partial charge is 0.434 e. The van der Waals surface area contributed by atoms with E-state index in [1.807, 2.05) is 18.3 Å². The fraction of sp³-hybridized carbons (Fsp3) is 0.267. The Kier molecular flexibility index (Phi) is 4.01. The van der Waals surface area contributed by atoms with Crippen molar-refractivity contribution in [3.05, 3.63) is 52.9 Å². The van der Waals surface area contributed by atoms with Gasteiger partial charge in [0.25, 0.3) is 0 Å². The van der Waals surface area contributed by atoms with Gasteiger partial charge in [-0.25, -0.2) is 4.98 Å². The molecule has 2 N–H and O–H groups in total. The number of hydrogen-bond acceptors (Lipinski definition) is 4. The van der Waals surface area contributed by atoms with E-state index < -0.39 is 11.9 Å². The molecule has 3 rings (SSSR count). The van der Waals surface area contributed by atoms with Gasteiger partial charge in [0, 0.05) is 31.6 Å². The van der Waals surface area contributed by atoms with Crippen molar-refractivity contribution in [1.29, 1.82) is 0 Å². The van der Waals surface area contributed by atoms with Crippen molar-refractivity contribution in [3.63, 3.8) is 0 Å². The van der Waals surface area contributed by atoms with E-state index in [4.69, 9.17) is 5.73 Å². The predicted molar refractivity (Wildman–Crippen MR) is 83.9 cm³/mol. The number of imidazole rings is 1. The van der Waals surface area contributed by atoms with E-state index in [-0.39, 0.29) is 0 Å². The Hall–Kier alpha value is -2.09. The molecular formula is C15H15F3N4S. The number of hydrogen-bond donors (Lipinski definition) is 1. The van der Waals surface area contributed by atoms with Crippen LogP contribution in [0.15, 0.2) is 41.7 Å². The van der Waals surface area contributed by atoms with E-state index in [1.165, 1.54) is 4.57 Å². The SMILES string of the molecule is Cn1cc(C(F)(F)F)nc1-c1ccc(CN2C=C(N)SC2)cc1. The molecule has 0 radical (unpaired) electrons. The minimum absolute atomic E-state index is 0.296. The summed E-state index contributed by atoms with van der Waals surface area (Å²) in [6.07, 6.45) is -1.54. The van der Waals surface area contributed by atoms with E-state index in [2.05, 4.69) is 9.88 Å². The highest BCUT2D eigenvalue weighted by Gasteiger charge is 2.34. The van der Waals surface area contributed by atoms with Crippen molar-refractivity contribution in [2.24, 2.45) is 12.8 Å². The molecule has 4 nitrogen and oxygen atoms in total. The van der Waals surface area contributed by atoms with Crippen molar-refractivity contribution in [2.45, 2.75) is 12.7 Å². The summed E-state index contributed by atoms with van der Waals surface area (Å²) in [4.78, 5) is 5.77. The molecule has 122 valence electrons. The van der Waals surface area contributed by atoms with Crippen molar-refractivity contribution in [3.8, 4) is 11.4 Å². The molecule has 0 saturated heterocycles. The first-order valence-corrected chi connectivity index (χ1v) is 7.85. The van der Waals surface area contributed by atoms with E-state index in [9.17, 15) is 13.2 Å². The Morgan fingerprint density at radius 3 is 2.48 bits per heavy atom. The quantitative estimate of drug-likeness (QED) is 0.931. The zero-order chi connectivity index (χ0) is 16.6. The van der Waals surface area contributed by atoms with Crippen LogP contribution in [0.2, 0.25) is 0 Å². The number of nitrogens with zero attached hydrogens (tertiary/aromatic N) is 3. The Balaban J connectivity index is 1.78. The van der Waals surface area contributed by atoms with Gasteiger partial charge in [-0.1, -0.05) is 36.0 Å². The third-order valence-electron chi connectivity index (χ3n) is 3.47. The van der Waals surface area contributed by atoms with Gasteiger partial charge in [-0.3, -0.25) is 0 Å². The Bertz CT molecular complexity index is 734. The van der Waals surface area contributed by atoms with Gasteiger partial charge in [-0.2, -0.15) is 13.2 Å². The molecule has 0 amide bonds. The number of benzene rings is 1. The number of rotatable bonds is 3. The van der Waals surface area contributed by atoms with Crippen LogP contribution >= 0.6 is 11.8 Å². The van der Waals surface area contributed by atoms with Gasteiger partial charge >= 0.3 is 6.18 Å². The fourth-order valence-corrected chi connectivity index (χ4v) is 3.07. The molecular weight excluding hydrogens is 325 g/mol. The van der Waals surface area contributed by atoms with Crippen molar-refractivity contribution in [1.82, 2.24) is 14.5 Å². The molecule has 0 bridgehead atoms. The number of thioether (sulfide) groups is 1. The lowest BCUT2D eigenvalue weighted by Crippen LogP contribution is -2.12. The van der Waals surface area contributed by atoms with E-state index in [1.54, 1.807) is 30.9 Å². The first-order chi connectivity index (χ1) is 10.8. The molecule has 0 unspecified atom stereocenters. The van der Waals surface area contributed by atoms with Gasteiger partial charge in [0.15, 0.2) is 5.69 Å². The molecule has 1 aliphatic heterocycles. The van der Waals surface area contributed by atoms with Crippen LogP contribution in [0.5, 0.6) is 0 Å². The minimum atomic E-state index is -4.43. The van der Waals surface area contributed by atoms with Crippen LogP contribution in [-0.4, -0.2) is 20.3 Å². The normalized spacial score (nSPS) is 15.1. The fourth-order valence-electron chi connectivity index (χ4n) is 2.37. The van der Waals surface area contributed by atoms with Crippen LogP contribution in [0.3, 0.4) is 0 Å². The highest BCUT2D eigenvalue weighted by atomic mass is 32.2. The molecule has 0 spiro atoms. The standard InChI is InChI=1S/C15H15F3N4S/c1-21-7-12(15(16,17)18)20-14(21)11-4-2-10(3-5-11)6-22-8-13(19)23-9-22/h2-5,7-8H,6,9,19H2,1H3. The highest BCUT2D eigenvalue weighted by molar-refractivity contribution is 8.03. The van der Waals surface area contributed by atoms with Crippen LogP contribution < -0.4 is 5.73 Å². The van der Waals surface area contributed by atoms with E-state index in [0.717, 1.165) is 22.7 Å². The predicted octanol–water partition coefficient (Wildman–Crippen LogP) is 3.37. The Morgan fingerprint density at radius 1 is 1.26 bits per heavy atom. The number of aromatic nitrogens is 2. The van der Waals surface area contributed by atoms with Gasteiger partial charge in [0.05, 0.1) is 10.9 Å². The maximum absolute atomic E-state index is 12.7. The number of alkyl halides is 3. The van der Waals surface area contributed by atoms with Crippen LogP contribution in [0.1, 0.15) is 11.3 Å². The zero-order valence-corrected chi connectivity index (χ0v) is 13.2. The third kappa shape index (κ3) is 3.47. The minimum Gasteiger partial charge on any atom is -0.392 e. The summed E-state index contributed by atoms with van der Waals surface area (Å²) in [6, 6.07) is 7.36. The van der Waals surface area contributed by atoms with Crippen LogP contribution in [0.25, 0.3) is 11.4 Å². The maximum atomic E-state index is 12.7. The highest BCUT2D eigenvalue weighted by Crippen LogP contribution is 2.30. The van der Waals surface area contributed by atoms with Crippen molar-refractivity contribution < 1.29 is 13.2 Å². The van der Waals surface area contributed by atoms with Gasteiger partial charge in [-0.05, 0) is 5.56 Å². The Labute approximate surface area is 135 Å². The third-order valence-corrected chi connectivity index (χ3v) is 4.37. The summed E-state index contributed by atoms with van der Waals surface area (Å²) in [5.41, 5.74) is 6.54. The molecule has 1 aliphatic rings. The second-order valence-electron chi connectivity index (χ2n) is 5.31. The molecule has 2 heterocycles. The smallest absolute Gasteiger partial charge is 0.392 e. The molecule has 23 heavy (non-hydrogen) atoms. The summed E-state index contributed by atoms with van der Waals surface area (Å²) >= 11 is 1.58. The maximum Gasteiger partial charge on any atom is 0.434 e. The van der Waals surface area contributed by atoms with Gasteiger partial charge in [0.1, 0.15) is 5.82 Å². The summed E-state index contributed by atoms with van der Waals surface area (Å²) in [5.74, 6) is 1.10. The molecule has 2 aromatic rings. The lowest BCUT2D eigenvalue weighted by atomic mass is 10.1. The molecule has 0 aliphatic carbocycles. The molecule has 1 aromatic carbocycles.